The molecule has 0 saturated heterocycles. The minimum atomic E-state index is -0.626. The summed E-state index contributed by atoms with van der Waals surface area (Å²) >= 11 is 0. The molecule has 7 nitrogen and oxygen atoms in total. The Balaban J connectivity index is 1.84. The third kappa shape index (κ3) is 2.83. The van der Waals surface area contributed by atoms with E-state index in [1.165, 1.54) is 17.0 Å². The summed E-state index contributed by atoms with van der Waals surface area (Å²) < 4.78 is 6.54. The van der Waals surface area contributed by atoms with E-state index in [2.05, 4.69) is 4.98 Å². The molecule has 1 heterocycles. The Kier molecular flexibility index (Phi) is 3.99. The maximum Gasteiger partial charge on any atom is 0.420 e. The van der Waals surface area contributed by atoms with Gasteiger partial charge in [-0.15, -0.1) is 0 Å². The molecule has 3 aromatic rings. The van der Waals surface area contributed by atoms with Crippen LogP contribution >= 0.6 is 0 Å². The molecule has 0 radical (unpaired) electrons. The summed E-state index contributed by atoms with van der Waals surface area (Å²) in [6.07, 6.45) is 0.767. The second kappa shape index (κ2) is 6.11. The number of carbonyl (C=O) groups is 1. The first-order chi connectivity index (χ1) is 11.5. The van der Waals surface area contributed by atoms with E-state index in [1.54, 1.807) is 18.2 Å². The number of nitro benzene ring substituents is 1. The minimum absolute atomic E-state index is 0.0697. The number of ether oxygens (including phenoxy) is 1. The highest BCUT2D eigenvalue weighted by Gasteiger charge is 2.17. The fourth-order valence-electron chi connectivity index (χ4n) is 2.55. The maximum atomic E-state index is 12.3. The van der Waals surface area contributed by atoms with E-state index in [1.807, 2.05) is 26.0 Å². The minimum Gasteiger partial charge on any atom is -0.444 e. The normalized spacial score (nSPS) is 10.8. The highest BCUT2D eigenvalue weighted by Crippen LogP contribution is 2.22. The van der Waals surface area contributed by atoms with E-state index in [9.17, 15) is 14.9 Å². The molecule has 0 spiro atoms. The van der Waals surface area contributed by atoms with Crippen LogP contribution in [-0.4, -0.2) is 20.6 Å². The first kappa shape index (κ1) is 15.7. The molecule has 0 bridgehead atoms. The van der Waals surface area contributed by atoms with Crippen molar-refractivity contribution in [3.63, 3.8) is 0 Å². The summed E-state index contributed by atoms with van der Waals surface area (Å²) in [7, 11) is 0. The van der Waals surface area contributed by atoms with Gasteiger partial charge in [-0.05, 0) is 31.5 Å². The van der Waals surface area contributed by atoms with Crippen molar-refractivity contribution in [2.24, 2.45) is 0 Å². The molecule has 0 aliphatic rings. The molecule has 0 N–H and O–H groups in total. The van der Waals surface area contributed by atoms with Crippen molar-refractivity contribution in [1.82, 2.24) is 9.55 Å². The van der Waals surface area contributed by atoms with Gasteiger partial charge < -0.3 is 4.74 Å². The third-order valence-corrected chi connectivity index (χ3v) is 3.76. The number of carbonyl (C=O) groups excluding carboxylic acids is 1. The Bertz CT molecular complexity index is 946. The predicted octanol–water partition coefficient (Wildman–Crippen LogP) is 3.75. The number of imidazole rings is 1. The van der Waals surface area contributed by atoms with Gasteiger partial charge in [0.25, 0.3) is 5.69 Å². The Labute approximate surface area is 137 Å². The van der Waals surface area contributed by atoms with Crippen LogP contribution in [0.4, 0.5) is 10.5 Å². The second-order valence-corrected chi connectivity index (χ2v) is 5.50. The summed E-state index contributed by atoms with van der Waals surface area (Å²) in [5.74, 6) is 0. The van der Waals surface area contributed by atoms with Gasteiger partial charge in [0.05, 0.1) is 21.5 Å². The van der Waals surface area contributed by atoms with E-state index >= 15 is 0 Å². The van der Waals surface area contributed by atoms with Crippen LogP contribution in [0.25, 0.3) is 11.0 Å². The lowest BCUT2D eigenvalue weighted by atomic mass is 10.1. The van der Waals surface area contributed by atoms with Crippen molar-refractivity contribution in [2.45, 2.75) is 20.5 Å². The van der Waals surface area contributed by atoms with Gasteiger partial charge in [-0.1, -0.05) is 23.8 Å². The van der Waals surface area contributed by atoms with Gasteiger partial charge in [0.15, 0.2) is 0 Å². The molecule has 3 rings (SSSR count). The number of benzene rings is 2. The second-order valence-electron chi connectivity index (χ2n) is 5.50. The Morgan fingerprint density at radius 1 is 1.29 bits per heavy atom. The number of rotatable bonds is 3. The molecule has 0 aliphatic heterocycles. The van der Waals surface area contributed by atoms with Crippen LogP contribution in [-0.2, 0) is 11.3 Å². The standard InChI is InChI=1S/C17H15N3O4/c1-11-6-7-14(20(22)23)13(8-11)9-24-17(21)19-10-18-16-12(2)4-3-5-15(16)19/h3-8,10H,9H2,1-2H3. The van der Waals surface area contributed by atoms with Gasteiger partial charge in [-0.3, -0.25) is 10.1 Å². The average molecular weight is 325 g/mol. The van der Waals surface area contributed by atoms with Crippen molar-refractivity contribution >= 4 is 22.8 Å². The molecular formula is C17H15N3O4. The molecule has 0 aliphatic carbocycles. The first-order valence-electron chi connectivity index (χ1n) is 7.31. The topological polar surface area (TPSA) is 87.3 Å². The SMILES string of the molecule is Cc1ccc([N+](=O)[O-])c(COC(=O)n2cnc3c(C)cccc32)c1. The lowest BCUT2D eigenvalue weighted by molar-refractivity contribution is -0.385. The average Bonchev–Trinajstić information content (AvgIpc) is 2.98. The largest absolute Gasteiger partial charge is 0.444 e. The molecule has 0 saturated carbocycles. The van der Waals surface area contributed by atoms with E-state index in [0.29, 0.717) is 11.1 Å². The van der Waals surface area contributed by atoms with Gasteiger partial charge >= 0.3 is 6.09 Å². The predicted molar refractivity (Wildman–Crippen MR) is 87.9 cm³/mol. The quantitative estimate of drug-likeness (QED) is 0.540. The smallest absolute Gasteiger partial charge is 0.420 e. The summed E-state index contributed by atoms with van der Waals surface area (Å²) in [6, 6.07) is 10.2. The highest BCUT2D eigenvalue weighted by molar-refractivity contribution is 5.88. The monoisotopic (exact) mass is 325 g/mol. The van der Waals surface area contributed by atoms with Crippen LogP contribution in [0.15, 0.2) is 42.7 Å². The molecule has 0 atom stereocenters. The van der Waals surface area contributed by atoms with Crippen molar-refractivity contribution in [3.8, 4) is 0 Å². The van der Waals surface area contributed by atoms with Crippen molar-refractivity contribution < 1.29 is 14.5 Å². The van der Waals surface area contributed by atoms with Crippen LogP contribution in [0.1, 0.15) is 16.7 Å². The van der Waals surface area contributed by atoms with Crippen molar-refractivity contribution in [2.75, 3.05) is 0 Å². The van der Waals surface area contributed by atoms with Gasteiger partial charge in [0.1, 0.15) is 12.9 Å². The number of hydrogen-bond donors (Lipinski definition) is 0. The van der Waals surface area contributed by atoms with E-state index in [0.717, 1.165) is 16.6 Å². The van der Waals surface area contributed by atoms with Crippen LogP contribution in [0.2, 0.25) is 0 Å². The van der Waals surface area contributed by atoms with Gasteiger partial charge in [0.2, 0.25) is 0 Å². The van der Waals surface area contributed by atoms with E-state index in [-0.39, 0.29) is 12.3 Å². The Morgan fingerprint density at radius 3 is 2.83 bits per heavy atom. The molecule has 122 valence electrons. The van der Waals surface area contributed by atoms with Gasteiger partial charge in [0, 0.05) is 6.07 Å². The van der Waals surface area contributed by atoms with E-state index < -0.39 is 11.0 Å². The van der Waals surface area contributed by atoms with Crippen molar-refractivity contribution in [3.05, 3.63) is 69.5 Å². The van der Waals surface area contributed by atoms with Gasteiger partial charge in [-0.2, -0.15) is 0 Å². The fourth-order valence-corrected chi connectivity index (χ4v) is 2.55. The molecular weight excluding hydrogens is 310 g/mol. The number of para-hydroxylation sites is 1. The van der Waals surface area contributed by atoms with E-state index in [4.69, 9.17) is 4.74 Å². The Hall–Kier alpha value is -3.22. The van der Waals surface area contributed by atoms with Crippen LogP contribution in [0.3, 0.4) is 0 Å². The number of nitrogens with zero attached hydrogens (tertiary/aromatic N) is 3. The number of fused-ring (bicyclic) bond motifs is 1. The van der Waals surface area contributed by atoms with Crippen molar-refractivity contribution in [1.29, 1.82) is 0 Å². The highest BCUT2D eigenvalue weighted by atomic mass is 16.6. The zero-order valence-electron chi connectivity index (χ0n) is 13.2. The number of aromatic nitrogens is 2. The fraction of sp³-hybridized carbons (Fsp3) is 0.176. The lowest BCUT2D eigenvalue weighted by Crippen LogP contribution is -2.13. The molecule has 0 fully saturated rings. The van der Waals surface area contributed by atoms with Gasteiger partial charge in [-0.25, -0.2) is 14.3 Å². The third-order valence-electron chi connectivity index (χ3n) is 3.76. The lowest BCUT2D eigenvalue weighted by Gasteiger charge is -2.07. The first-order valence-corrected chi connectivity index (χ1v) is 7.31. The summed E-state index contributed by atoms with van der Waals surface area (Å²) in [4.78, 5) is 27.1. The maximum absolute atomic E-state index is 12.3. The van der Waals surface area contributed by atoms with Crippen LogP contribution in [0, 0.1) is 24.0 Å². The summed E-state index contributed by atoms with van der Waals surface area (Å²) in [6.45, 7) is 3.55. The number of nitro groups is 1. The zero-order chi connectivity index (χ0) is 17.3. The molecule has 0 amide bonds. The summed E-state index contributed by atoms with van der Waals surface area (Å²) in [5, 5.41) is 11.1. The summed E-state index contributed by atoms with van der Waals surface area (Å²) in [5.41, 5.74) is 3.45. The zero-order valence-corrected chi connectivity index (χ0v) is 13.2. The molecule has 2 aromatic carbocycles. The molecule has 7 heteroatoms. The number of hydrogen-bond acceptors (Lipinski definition) is 5. The molecule has 0 unspecified atom stereocenters. The van der Waals surface area contributed by atoms with Crippen LogP contribution in [0.5, 0.6) is 0 Å². The number of aryl methyl sites for hydroxylation is 2. The molecule has 24 heavy (non-hydrogen) atoms. The van der Waals surface area contributed by atoms with Crippen LogP contribution < -0.4 is 0 Å². The molecule has 1 aromatic heterocycles. The Morgan fingerprint density at radius 2 is 2.08 bits per heavy atom.